The van der Waals surface area contributed by atoms with E-state index in [-0.39, 0.29) is 29.2 Å². The van der Waals surface area contributed by atoms with Crippen molar-refractivity contribution in [1.82, 2.24) is 0 Å². The van der Waals surface area contributed by atoms with Crippen molar-refractivity contribution in [2.24, 2.45) is 11.8 Å². The molecule has 3 nitrogen and oxygen atoms in total. The molecule has 30 heavy (non-hydrogen) atoms. The molecule has 0 radical (unpaired) electrons. The largest absolute Gasteiger partial charge is 0.507 e. The first-order valence-electron chi connectivity index (χ1n) is 11.0. The Balaban J connectivity index is 1.85. The van der Waals surface area contributed by atoms with Gasteiger partial charge in [0.2, 0.25) is 0 Å². The summed E-state index contributed by atoms with van der Waals surface area (Å²) in [5.74, 6) is 0.456. The van der Waals surface area contributed by atoms with Crippen LogP contribution in [0.3, 0.4) is 0 Å². The number of benzene rings is 2. The van der Waals surface area contributed by atoms with Crippen LogP contribution in [0.25, 0.3) is 5.57 Å². The molecule has 2 atom stereocenters. The zero-order valence-electron chi connectivity index (χ0n) is 18.7. The summed E-state index contributed by atoms with van der Waals surface area (Å²) in [4.78, 5) is 25.4. The van der Waals surface area contributed by atoms with Gasteiger partial charge in [0, 0.05) is 17.4 Å². The van der Waals surface area contributed by atoms with E-state index in [9.17, 15) is 14.7 Å². The molecular weight excluding hydrogens is 372 g/mol. The van der Waals surface area contributed by atoms with Gasteiger partial charge >= 0.3 is 0 Å². The van der Waals surface area contributed by atoms with Gasteiger partial charge in [-0.05, 0) is 53.5 Å². The standard InChI is InChI=1S/C27H32O3/c1-6-17(4)20-7-9-21(10-8-20)23-12-11-22-14-19(13-18(5)26(29)16(2)3)15-24(28)25(22)27(23)30/h7-10,12,14-18,28H,6,11,13H2,1-5H3. The lowest BCUT2D eigenvalue weighted by atomic mass is 9.83. The number of fused-ring (bicyclic) bond motifs is 1. The molecule has 0 aromatic heterocycles. The molecular formula is C27H32O3. The molecule has 0 saturated heterocycles. The molecule has 2 unspecified atom stereocenters. The Bertz CT molecular complexity index is 980. The predicted octanol–water partition coefficient (Wildman–Crippen LogP) is 6.13. The molecule has 3 rings (SSSR count). The highest BCUT2D eigenvalue weighted by molar-refractivity contribution is 6.31. The number of phenolic OH excluding ortho intramolecular Hbond substituents is 1. The van der Waals surface area contributed by atoms with Crippen LogP contribution in [0.4, 0.5) is 0 Å². The second-order valence-electron chi connectivity index (χ2n) is 8.89. The first-order chi connectivity index (χ1) is 14.2. The van der Waals surface area contributed by atoms with Gasteiger partial charge in [0.25, 0.3) is 0 Å². The van der Waals surface area contributed by atoms with E-state index in [0.717, 1.165) is 23.1 Å². The highest BCUT2D eigenvalue weighted by Crippen LogP contribution is 2.35. The quantitative estimate of drug-likeness (QED) is 0.604. The van der Waals surface area contributed by atoms with Crippen molar-refractivity contribution in [3.05, 3.63) is 70.3 Å². The lowest BCUT2D eigenvalue weighted by molar-refractivity contribution is -0.125. The van der Waals surface area contributed by atoms with Crippen LogP contribution in [-0.4, -0.2) is 16.7 Å². The Kier molecular flexibility index (Phi) is 6.60. The van der Waals surface area contributed by atoms with Crippen LogP contribution in [0, 0.1) is 11.8 Å². The number of carbonyl (C=O) groups excluding carboxylic acids is 2. The van der Waals surface area contributed by atoms with E-state index in [4.69, 9.17) is 0 Å². The minimum atomic E-state index is -0.136. The summed E-state index contributed by atoms with van der Waals surface area (Å²) in [6.45, 7) is 10.1. The van der Waals surface area contributed by atoms with Gasteiger partial charge in [-0.1, -0.05) is 71.0 Å². The van der Waals surface area contributed by atoms with Crippen molar-refractivity contribution in [3.8, 4) is 5.75 Å². The van der Waals surface area contributed by atoms with Crippen molar-refractivity contribution < 1.29 is 14.7 Å². The number of hydrogen-bond donors (Lipinski definition) is 1. The van der Waals surface area contributed by atoms with Crippen molar-refractivity contribution in [1.29, 1.82) is 0 Å². The van der Waals surface area contributed by atoms with Crippen LogP contribution < -0.4 is 0 Å². The topological polar surface area (TPSA) is 54.4 Å². The zero-order chi connectivity index (χ0) is 22.0. The first-order valence-corrected chi connectivity index (χ1v) is 11.0. The minimum absolute atomic E-state index is 0.00926. The van der Waals surface area contributed by atoms with Gasteiger partial charge in [0.1, 0.15) is 11.5 Å². The van der Waals surface area contributed by atoms with Crippen molar-refractivity contribution in [2.75, 3.05) is 0 Å². The van der Waals surface area contributed by atoms with Crippen LogP contribution in [0.5, 0.6) is 5.75 Å². The van der Waals surface area contributed by atoms with Crippen LogP contribution in [0.1, 0.15) is 79.6 Å². The van der Waals surface area contributed by atoms with Crippen LogP contribution in [0.15, 0.2) is 42.5 Å². The Morgan fingerprint density at radius 3 is 2.33 bits per heavy atom. The Morgan fingerprint density at radius 2 is 1.73 bits per heavy atom. The number of carbonyl (C=O) groups is 2. The highest BCUT2D eigenvalue weighted by atomic mass is 16.3. The van der Waals surface area contributed by atoms with Gasteiger partial charge in [-0.3, -0.25) is 9.59 Å². The molecule has 0 heterocycles. The normalized spacial score (nSPS) is 15.5. The number of Topliss-reactive ketones (excluding diaryl/α,β-unsaturated/α-hetero) is 2. The van der Waals surface area contributed by atoms with Gasteiger partial charge in [-0.25, -0.2) is 0 Å². The number of rotatable bonds is 7. The summed E-state index contributed by atoms with van der Waals surface area (Å²) in [6, 6.07) is 11.8. The van der Waals surface area contributed by atoms with Crippen LogP contribution in [-0.2, 0) is 17.6 Å². The SMILES string of the molecule is CCC(C)c1ccc(C2=CCc3cc(CC(C)C(=O)C(C)C)cc(O)c3C2=O)cc1. The molecule has 1 aliphatic carbocycles. The van der Waals surface area contributed by atoms with Crippen LogP contribution in [0.2, 0.25) is 0 Å². The molecule has 158 valence electrons. The summed E-state index contributed by atoms with van der Waals surface area (Å²) < 4.78 is 0. The predicted molar refractivity (Wildman–Crippen MR) is 122 cm³/mol. The van der Waals surface area contributed by atoms with E-state index in [1.807, 2.05) is 45.0 Å². The fraction of sp³-hybridized carbons (Fsp3) is 0.407. The third-order valence-corrected chi connectivity index (χ3v) is 6.26. The molecule has 0 aliphatic heterocycles. The zero-order valence-corrected chi connectivity index (χ0v) is 18.7. The fourth-order valence-corrected chi connectivity index (χ4v) is 4.23. The lowest BCUT2D eigenvalue weighted by Crippen LogP contribution is -2.19. The van der Waals surface area contributed by atoms with Gasteiger partial charge in [-0.15, -0.1) is 0 Å². The summed E-state index contributed by atoms with van der Waals surface area (Å²) in [5.41, 5.74) is 4.92. The maximum Gasteiger partial charge on any atom is 0.197 e. The molecule has 2 aromatic carbocycles. The van der Waals surface area contributed by atoms with E-state index in [2.05, 4.69) is 26.0 Å². The van der Waals surface area contributed by atoms with Crippen molar-refractivity contribution >= 4 is 17.1 Å². The van der Waals surface area contributed by atoms with E-state index in [1.54, 1.807) is 6.07 Å². The number of aromatic hydroxyl groups is 1. The first kappa shape index (κ1) is 22.0. The summed E-state index contributed by atoms with van der Waals surface area (Å²) in [7, 11) is 0. The smallest absolute Gasteiger partial charge is 0.197 e. The Labute approximate surface area is 179 Å². The molecule has 3 heteroatoms. The third kappa shape index (κ3) is 4.40. The minimum Gasteiger partial charge on any atom is -0.507 e. The van der Waals surface area contributed by atoms with E-state index in [0.29, 0.717) is 29.9 Å². The molecule has 0 amide bonds. The maximum absolute atomic E-state index is 13.2. The van der Waals surface area contributed by atoms with Crippen molar-refractivity contribution in [2.45, 2.75) is 59.8 Å². The van der Waals surface area contributed by atoms with Gasteiger partial charge in [-0.2, -0.15) is 0 Å². The van der Waals surface area contributed by atoms with E-state index < -0.39 is 0 Å². The monoisotopic (exact) mass is 404 g/mol. The van der Waals surface area contributed by atoms with Crippen molar-refractivity contribution in [3.63, 3.8) is 0 Å². The number of ketones is 2. The summed E-state index contributed by atoms with van der Waals surface area (Å²) in [5, 5.41) is 10.6. The van der Waals surface area contributed by atoms with Gasteiger partial charge in [0.05, 0.1) is 5.56 Å². The molecule has 1 N–H and O–H groups in total. The molecule has 2 aromatic rings. The number of allylic oxidation sites excluding steroid dienone is 2. The van der Waals surface area contributed by atoms with Crippen LogP contribution >= 0.6 is 0 Å². The second-order valence-corrected chi connectivity index (χ2v) is 8.89. The molecule has 0 fully saturated rings. The van der Waals surface area contributed by atoms with E-state index >= 15 is 0 Å². The maximum atomic E-state index is 13.2. The lowest BCUT2D eigenvalue weighted by Gasteiger charge is -2.20. The fourth-order valence-electron chi connectivity index (χ4n) is 4.23. The molecule has 0 spiro atoms. The van der Waals surface area contributed by atoms with Gasteiger partial charge in [0.15, 0.2) is 5.78 Å². The second kappa shape index (κ2) is 8.99. The average molecular weight is 405 g/mol. The molecule has 0 bridgehead atoms. The summed E-state index contributed by atoms with van der Waals surface area (Å²) in [6.07, 6.45) is 4.19. The number of phenols is 1. The highest BCUT2D eigenvalue weighted by Gasteiger charge is 2.26. The Hall–Kier alpha value is -2.68. The van der Waals surface area contributed by atoms with E-state index in [1.165, 1.54) is 5.56 Å². The summed E-state index contributed by atoms with van der Waals surface area (Å²) >= 11 is 0. The average Bonchev–Trinajstić information content (AvgIpc) is 2.72. The number of hydrogen-bond acceptors (Lipinski definition) is 3. The Morgan fingerprint density at radius 1 is 1.07 bits per heavy atom. The molecule has 1 aliphatic rings. The molecule has 0 saturated carbocycles. The third-order valence-electron chi connectivity index (χ3n) is 6.26. The van der Waals surface area contributed by atoms with Gasteiger partial charge < -0.3 is 5.11 Å².